The summed E-state index contributed by atoms with van der Waals surface area (Å²) in [7, 11) is 0. The molecule has 0 aromatic heterocycles. The highest BCUT2D eigenvalue weighted by Gasteiger charge is 2.72. The number of benzene rings is 1. The zero-order valence-electron chi connectivity index (χ0n) is 29.7. The Balaban J connectivity index is 1.03. The molecule has 8 aliphatic rings. The molecule has 4 aliphatic carbocycles. The predicted molar refractivity (Wildman–Crippen MR) is 188 cm³/mol. The molecule has 4 heterocycles. The van der Waals surface area contributed by atoms with E-state index in [2.05, 4.69) is 6.92 Å². The normalized spacial score (nSPS) is 48.2. The van der Waals surface area contributed by atoms with E-state index in [0.717, 1.165) is 43.2 Å². The minimum atomic E-state index is -1.76. The van der Waals surface area contributed by atoms with Gasteiger partial charge in [0.2, 0.25) is 6.29 Å². The molecule has 276 valence electrons. The summed E-state index contributed by atoms with van der Waals surface area (Å²) < 4.78 is 31.5. The van der Waals surface area contributed by atoms with Crippen molar-refractivity contribution in [2.24, 2.45) is 39.5 Å². The highest BCUT2D eigenvalue weighted by atomic mass is 32.2. The minimum Gasteiger partial charge on any atom is -0.465 e. The van der Waals surface area contributed by atoms with Gasteiger partial charge < -0.3 is 33.9 Å². The van der Waals surface area contributed by atoms with Crippen LogP contribution in [0.5, 0.6) is 0 Å². The average Bonchev–Trinajstić information content (AvgIpc) is 3.83. The summed E-state index contributed by atoms with van der Waals surface area (Å²) in [5.74, 6) is -1.24. The van der Waals surface area contributed by atoms with Crippen LogP contribution in [-0.4, -0.2) is 88.2 Å². The van der Waals surface area contributed by atoms with E-state index in [1.54, 1.807) is 17.8 Å². The Kier molecular flexibility index (Phi) is 8.37. The fourth-order valence-electron chi connectivity index (χ4n) is 12.3. The van der Waals surface area contributed by atoms with Crippen molar-refractivity contribution in [2.75, 3.05) is 19.0 Å². The van der Waals surface area contributed by atoms with Crippen LogP contribution in [0.15, 0.2) is 47.0 Å². The number of aryl methyl sites for hydroxylation is 1. The number of hydrogen-bond acceptors (Lipinski definition) is 11. The molecule has 10 nitrogen and oxygen atoms in total. The van der Waals surface area contributed by atoms with Crippen LogP contribution in [0.4, 0.5) is 0 Å². The van der Waals surface area contributed by atoms with Crippen molar-refractivity contribution in [1.29, 1.82) is 0 Å². The molecule has 2 saturated heterocycles. The number of aliphatic imine (C=N–C) groups is 1. The van der Waals surface area contributed by atoms with Crippen LogP contribution in [-0.2, 0) is 39.7 Å². The first-order valence-electron chi connectivity index (χ1n) is 19.2. The van der Waals surface area contributed by atoms with Crippen molar-refractivity contribution < 1.29 is 43.5 Å². The number of fused-ring (bicyclic) bond motifs is 8. The molecule has 0 bridgehead atoms. The number of nitrogens with zero attached hydrogens (tertiary/aromatic N) is 1. The molecular formula is C40H51NO9S. The molecular weight excluding hydrogens is 671 g/mol. The van der Waals surface area contributed by atoms with Crippen molar-refractivity contribution in [2.45, 2.75) is 125 Å². The topological polar surface area (TPSA) is 133 Å². The Morgan fingerprint density at radius 2 is 1.88 bits per heavy atom. The highest BCUT2D eigenvalue weighted by molar-refractivity contribution is 8.01. The molecule has 51 heavy (non-hydrogen) atoms. The van der Waals surface area contributed by atoms with Gasteiger partial charge in [-0.15, -0.1) is 11.8 Å². The van der Waals surface area contributed by atoms with Gasteiger partial charge in [0.1, 0.15) is 6.61 Å². The van der Waals surface area contributed by atoms with Gasteiger partial charge in [0.25, 0.3) is 5.79 Å². The molecule has 13 atom stereocenters. The number of thioether (sulfide) groups is 1. The van der Waals surface area contributed by atoms with Gasteiger partial charge in [-0.05, 0) is 99.5 Å². The zero-order valence-corrected chi connectivity index (χ0v) is 30.5. The lowest BCUT2D eigenvalue weighted by atomic mass is 9.42. The van der Waals surface area contributed by atoms with E-state index in [1.165, 1.54) is 0 Å². The predicted octanol–water partition coefficient (Wildman–Crippen LogP) is 5.13. The van der Waals surface area contributed by atoms with Crippen molar-refractivity contribution in [3.63, 3.8) is 0 Å². The molecule has 0 amide bonds. The summed E-state index contributed by atoms with van der Waals surface area (Å²) in [5.41, 5.74) is 0.312. The molecule has 1 aromatic carbocycles. The Morgan fingerprint density at radius 3 is 2.65 bits per heavy atom. The van der Waals surface area contributed by atoms with Gasteiger partial charge in [-0.2, -0.15) is 0 Å². The lowest BCUT2D eigenvalue weighted by molar-refractivity contribution is -0.447. The largest absolute Gasteiger partial charge is 0.465 e. The van der Waals surface area contributed by atoms with Crippen LogP contribution in [0, 0.1) is 34.5 Å². The van der Waals surface area contributed by atoms with Gasteiger partial charge in [0.15, 0.2) is 4.87 Å². The van der Waals surface area contributed by atoms with E-state index >= 15 is 0 Å². The Morgan fingerprint density at radius 1 is 1.04 bits per heavy atom. The average molecular weight is 722 g/mol. The number of rotatable bonds is 6. The molecule has 1 spiro atoms. The lowest BCUT2D eigenvalue weighted by Crippen LogP contribution is -2.73. The maximum Gasteiger partial charge on any atom is 0.331 e. The minimum absolute atomic E-state index is 0.00349. The van der Waals surface area contributed by atoms with E-state index in [1.807, 2.05) is 43.5 Å². The van der Waals surface area contributed by atoms with E-state index in [0.29, 0.717) is 50.9 Å². The van der Waals surface area contributed by atoms with E-state index in [9.17, 15) is 19.8 Å². The first-order valence-corrected chi connectivity index (χ1v) is 20.2. The van der Waals surface area contributed by atoms with Gasteiger partial charge >= 0.3 is 11.9 Å². The van der Waals surface area contributed by atoms with Gasteiger partial charge in [0.05, 0.1) is 30.5 Å². The third kappa shape index (κ3) is 5.18. The van der Waals surface area contributed by atoms with Gasteiger partial charge in [-0.1, -0.05) is 37.3 Å². The number of ether oxygens (including phenoxy) is 5. The molecule has 0 unspecified atom stereocenters. The monoisotopic (exact) mass is 721 g/mol. The van der Waals surface area contributed by atoms with Crippen LogP contribution < -0.4 is 0 Å². The second-order valence-electron chi connectivity index (χ2n) is 17.0. The molecule has 4 saturated carbocycles. The summed E-state index contributed by atoms with van der Waals surface area (Å²) in [6, 6.07) is 9.99. The number of carbonyl (C=O) groups is 2. The second-order valence-corrected chi connectivity index (χ2v) is 18.3. The van der Waals surface area contributed by atoms with Crippen LogP contribution in [0.25, 0.3) is 0 Å². The molecule has 0 radical (unpaired) electrons. The molecule has 1 aromatic rings. The van der Waals surface area contributed by atoms with Crippen LogP contribution in [0.1, 0.15) is 83.6 Å². The molecule has 4 aliphatic heterocycles. The first-order chi connectivity index (χ1) is 24.5. The quantitative estimate of drug-likeness (QED) is 0.301. The Hall–Kier alpha value is -2.28. The third-order valence-corrected chi connectivity index (χ3v) is 16.1. The Labute approximate surface area is 304 Å². The highest BCUT2D eigenvalue weighted by Crippen LogP contribution is 2.71. The Bertz CT molecular complexity index is 1620. The molecule has 2 N–H and O–H groups in total. The molecule has 11 heteroatoms. The number of esters is 2. The second kappa shape index (κ2) is 12.4. The van der Waals surface area contributed by atoms with Crippen LogP contribution >= 0.6 is 11.8 Å². The van der Waals surface area contributed by atoms with E-state index in [4.69, 9.17) is 28.7 Å². The van der Waals surface area contributed by atoms with E-state index < -0.39 is 39.5 Å². The zero-order chi connectivity index (χ0) is 35.2. The number of cyclic esters (lactones) is 1. The summed E-state index contributed by atoms with van der Waals surface area (Å²) in [6.45, 7) is 4.77. The summed E-state index contributed by atoms with van der Waals surface area (Å²) in [4.78, 5) is 29.5. The standard InChI is InChI=1S/C40H51NO9S/c1-24-20-39(41-16-17-51-39)40(45)35(48-24)49-31-19-27-9-10-30-29(12-14-36(2)28(13-15-38(30,36)44)26-18-34(43)46-22-26)37(27,21-32(31)50-40)23-47-33(42)11-8-25-6-4-3-5-7-25/h3-7,16,18,24,27-32,35,44-45H,8-15,17,19-23H2,1-2H3/t24-,27+,28-,29+,30-,31-,32-,35+,36-,37-,38+,39+,40-/m1/s1. The van der Waals surface area contributed by atoms with Crippen molar-refractivity contribution >= 4 is 29.9 Å². The van der Waals surface area contributed by atoms with Crippen molar-refractivity contribution in [3.8, 4) is 0 Å². The van der Waals surface area contributed by atoms with Crippen LogP contribution in [0.2, 0.25) is 0 Å². The first kappa shape index (κ1) is 34.5. The van der Waals surface area contributed by atoms with E-state index in [-0.39, 0.29) is 54.4 Å². The van der Waals surface area contributed by atoms with Crippen molar-refractivity contribution in [1.82, 2.24) is 0 Å². The number of aliphatic hydroxyl groups is 2. The van der Waals surface area contributed by atoms with Crippen LogP contribution in [0.3, 0.4) is 0 Å². The molecule has 9 rings (SSSR count). The molecule has 6 fully saturated rings. The maximum absolute atomic E-state index is 13.5. The smallest absolute Gasteiger partial charge is 0.331 e. The SMILES string of the molecule is C[C@@H]1C[C@@]2(N=CCS2)[C@]2(O)O[C@@H]3C[C@@]4(COC(=O)CCc5ccccc5)[C@@H](CC[C@@H]5[C@@H]4CC[C@]4(C)[C@@H](C6=CC(=O)OC6)CC[C@]54O)C[C@H]3O[C@@H]2O1. The third-order valence-electron chi connectivity index (χ3n) is 14.8. The summed E-state index contributed by atoms with van der Waals surface area (Å²) in [5, 5.41) is 25.3. The van der Waals surface area contributed by atoms with Gasteiger partial charge in [-0.25, -0.2) is 4.79 Å². The maximum atomic E-state index is 13.5. The number of hydrogen-bond donors (Lipinski definition) is 2. The fourth-order valence-corrected chi connectivity index (χ4v) is 13.6. The van der Waals surface area contributed by atoms with Crippen molar-refractivity contribution in [3.05, 3.63) is 47.5 Å². The van der Waals surface area contributed by atoms with Gasteiger partial charge in [-0.3, -0.25) is 9.79 Å². The lowest BCUT2D eigenvalue weighted by Gasteiger charge is -2.66. The summed E-state index contributed by atoms with van der Waals surface area (Å²) in [6.07, 6.45) is 9.23. The fraction of sp³-hybridized carbons (Fsp3) is 0.725. The van der Waals surface area contributed by atoms with Gasteiger partial charge in [0, 0.05) is 41.7 Å². The number of carbonyl (C=O) groups excluding carboxylic acids is 2. The summed E-state index contributed by atoms with van der Waals surface area (Å²) >= 11 is 1.58.